The Morgan fingerprint density at radius 1 is 1.20 bits per heavy atom. The van der Waals surface area contributed by atoms with E-state index in [4.69, 9.17) is 11.6 Å². The third-order valence-corrected chi connectivity index (χ3v) is 4.07. The summed E-state index contributed by atoms with van der Waals surface area (Å²) in [7, 11) is 0. The first kappa shape index (κ1) is 17.3. The van der Waals surface area contributed by atoms with Crippen LogP contribution in [0.4, 0.5) is 5.82 Å². The lowest BCUT2D eigenvalue weighted by Crippen LogP contribution is -2.25. The largest absolute Gasteiger partial charge is 0.370 e. The maximum absolute atomic E-state index is 6.17. The third kappa shape index (κ3) is 5.29. The summed E-state index contributed by atoms with van der Waals surface area (Å²) in [4.78, 5) is 4.37. The van der Waals surface area contributed by atoms with E-state index in [0.717, 1.165) is 36.0 Å². The molecule has 0 fully saturated rings. The zero-order valence-electron chi connectivity index (χ0n) is 13.3. The van der Waals surface area contributed by atoms with Crippen molar-refractivity contribution in [1.29, 1.82) is 0 Å². The Bertz CT molecular complexity index is 397. The molecule has 0 saturated heterocycles. The zero-order chi connectivity index (χ0) is 15.1. The Kier molecular flexibility index (Phi) is 7.31. The maximum atomic E-state index is 6.17. The van der Waals surface area contributed by atoms with Gasteiger partial charge >= 0.3 is 0 Å². The van der Waals surface area contributed by atoms with Gasteiger partial charge in [-0.05, 0) is 35.9 Å². The van der Waals surface area contributed by atoms with E-state index in [-0.39, 0.29) is 0 Å². The summed E-state index contributed by atoms with van der Waals surface area (Å²) >= 11 is 6.17. The first-order chi connectivity index (χ1) is 9.45. The van der Waals surface area contributed by atoms with Crippen molar-refractivity contribution in [3.63, 3.8) is 0 Å². The van der Waals surface area contributed by atoms with Crippen LogP contribution in [0.25, 0.3) is 0 Å². The van der Waals surface area contributed by atoms with Crippen LogP contribution in [0, 0.1) is 17.8 Å². The summed E-state index contributed by atoms with van der Waals surface area (Å²) in [5.74, 6) is 2.88. The summed E-state index contributed by atoms with van der Waals surface area (Å²) in [5.41, 5.74) is 1.09. The first-order valence-electron chi connectivity index (χ1n) is 7.54. The summed E-state index contributed by atoms with van der Waals surface area (Å²) in [6.45, 7) is 13.9. The molecule has 0 unspecified atom stereocenters. The van der Waals surface area contributed by atoms with E-state index < -0.39 is 0 Å². The Morgan fingerprint density at radius 3 is 2.40 bits per heavy atom. The van der Waals surface area contributed by atoms with Crippen LogP contribution in [0.5, 0.6) is 0 Å². The van der Waals surface area contributed by atoms with Gasteiger partial charge in [-0.25, -0.2) is 4.98 Å². The number of halogens is 1. The van der Waals surface area contributed by atoms with Crippen molar-refractivity contribution in [2.24, 2.45) is 17.8 Å². The van der Waals surface area contributed by atoms with E-state index in [1.165, 1.54) is 0 Å². The SMILES string of the molecule is CCNCc1cc(NCC(C(C)C)C(C)C)ncc1Cl. The molecule has 0 saturated carbocycles. The van der Waals surface area contributed by atoms with Crippen LogP contribution in [0.1, 0.15) is 40.2 Å². The highest BCUT2D eigenvalue weighted by Crippen LogP contribution is 2.22. The summed E-state index contributed by atoms with van der Waals surface area (Å²) in [6.07, 6.45) is 1.73. The molecule has 0 spiro atoms. The van der Waals surface area contributed by atoms with Crippen molar-refractivity contribution in [3.05, 3.63) is 22.8 Å². The highest BCUT2D eigenvalue weighted by atomic mass is 35.5. The minimum absolute atomic E-state index is 0.643. The number of hydrogen-bond acceptors (Lipinski definition) is 3. The lowest BCUT2D eigenvalue weighted by atomic mass is 9.85. The molecular weight excluding hydrogens is 270 g/mol. The molecule has 1 heterocycles. The van der Waals surface area contributed by atoms with Crippen molar-refractivity contribution >= 4 is 17.4 Å². The molecule has 2 N–H and O–H groups in total. The molecule has 1 aromatic rings. The fourth-order valence-electron chi connectivity index (χ4n) is 2.44. The van der Waals surface area contributed by atoms with Crippen LogP contribution >= 0.6 is 11.6 Å². The summed E-state index contributed by atoms with van der Waals surface area (Å²) in [5, 5.41) is 7.47. The zero-order valence-corrected chi connectivity index (χ0v) is 14.1. The van der Waals surface area contributed by atoms with Gasteiger partial charge in [0.15, 0.2) is 0 Å². The monoisotopic (exact) mass is 297 g/mol. The normalized spacial score (nSPS) is 11.7. The first-order valence-corrected chi connectivity index (χ1v) is 7.92. The summed E-state index contributed by atoms with van der Waals surface area (Å²) in [6, 6.07) is 2.04. The number of hydrogen-bond donors (Lipinski definition) is 2. The number of rotatable bonds is 8. The molecule has 0 amide bonds. The van der Waals surface area contributed by atoms with Crippen molar-refractivity contribution < 1.29 is 0 Å². The van der Waals surface area contributed by atoms with Crippen LogP contribution in [-0.2, 0) is 6.54 Å². The van der Waals surface area contributed by atoms with Gasteiger partial charge in [0, 0.05) is 19.3 Å². The third-order valence-electron chi connectivity index (χ3n) is 3.73. The molecule has 0 atom stereocenters. The fraction of sp³-hybridized carbons (Fsp3) is 0.688. The number of nitrogens with one attached hydrogen (secondary N) is 2. The van der Waals surface area contributed by atoms with E-state index >= 15 is 0 Å². The minimum Gasteiger partial charge on any atom is -0.370 e. The highest BCUT2D eigenvalue weighted by Gasteiger charge is 2.17. The smallest absolute Gasteiger partial charge is 0.126 e. The predicted octanol–water partition coefficient (Wildman–Crippen LogP) is 4.18. The van der Waals surface area contributed by atoms with Crippen LogP contribution in [0.2, 0.25) is 5.02 Å². The second kappa shape index (κ2) is 8.48. The lowest BCUT2D eigenvalue weighted by molar-refractivity contribution is 0.304. The van der Waals surface area contributed by atoms with Crippen molar-refractivity contribution in [3.8, 4) is 0 Å². The second-order valence-electron chi connectivity index (χ2n) is 5.97. The van der Waals surface area contributed by atoms with Gasteiger partial charge in [0.05, 0.1) is 5.02 Å². The van der Waals surface area contributed by atoms with Crippen LogP contribution in [-0.4, -0.2) is 18.1 Å². The highest BCUT2D eigenvalue weighted by molar-refractivity contribution is 6.31. The Hall–Kier alpha value is -0.800. The Balaban J connectivity index is 2.68. The van der Waals surface area contributed by atoms with E-state index in [2.05, 4.69) is 50.2 Å². The molecule has 20 heavy (non-hydrogen) atoms. The molecule has 1 rings (SSSR count). The minimum atomic E-state index is 0.643. The molecule has 0 radical (unpaired) electrons. The molecule has 0 aliphatic rings. The fourth-order valence-corrected chi connectivity index (χ4v) is 2.61. The van der Waals surface area contributed by atoms with Crippen LogP contribution in [0.15, 0.2) is 12.3 Å². The standard InChI is InChI=1S/C16H28ClN3/c1-6-18-8-13-7-16(20-10-15(13)17)19-9-14(11(2)3)12(4)5/h7,10-12,14,18H,6,8-9H2,1-5H3,(H,19,20). The average molecular weight is 298 g/mol. The molecule has 1 aromatic heterocycles. The van der Waals surface area contributed by atoms with E-state index in [1.807, 2.05) is 6.07 Å². The van der Waals surface area contributed by atoms with Crippen molar-refractivity contribution in [1.82, 2.24) is 10.3 Å². The molecular formula is C16H28ClN3. The van der Waals surface area contributed by atoms with E-state index in [0.29, 0.717) is 17.8 Å². The quantitative estimate of drug-likeness (QED) is 0.755. The number of pyridine rings is 1. The molecule has 114 valence electrons. The average Bonchev–Trinajstić information content (AvgIpc) is 2.38. The molecule has 4 heteroatoms. The number of nitrogens with zero attached hydrogens (tertiary/aromatic N) is 1. The van der Waals surface area contributed by atoms with Gasteiger partial charge in [-0.15, -0.1) is 0 Å². The molecule has 0 bridgehead atoms. The van der Waals surface area contributed by atoms with Gasteiger partial charge in [-0.3, -0.25) is 0 Å². The van der Waals surface area contributed by atoms with Crippen molar-refractivity contribution in [2.75, 3.05) is 18.4 Å². The van der Waals surface area contributed by atoms with Gasteiger partial charge in [-0.1, -0.05) is 46.2 Å². The van der Waals surface area contributed by atoms with Gasteiger partial charge in [0.25, 0.3) is 0 Å². The number of anilines is 1. The summed E-state index contributed by atoms with van der Waals surface area (Å²) < 4.78 is 0. The van der Waals surface area contributed by atoms with Gasteiger partial charge in [0.1, 0.15) is 5.82 Å². The predicted molar refractivity (Wildman–Crippen MR) is 88.3 cm³/mol. The number of aromatic nitrogens is 1. The van der Waals surface area contributed by atoms with E-state index in [9.17, 15) is 0 Å². The lowest BCUT2D eigenvalue weighted by Gasteiger charge is -2.25. The van der Waals surface area contributed by atoms with Crippen LogP contribution in [0.3, 0.4) is 0 Å². The maximum Gasteiger partial charge on any atom is 0.126 e. The van der Waals surface area contributed by atoms with Crippen molar-refractivity contribution in [2.45, 2.75) is 41.2 Å². The second-order valence-corrected chi connectivity index (χ2v) is 6.38. The Morgan fingerprint density at radius 2 is 1.85 bits per heavy atom. The van der Waals surface area contributed by atoms with Crippen LogP contribution < -0.4 is 10.6 Å². The van der Waals surface area contributed by atoms with E-state index in [1.54, 1.807) is 6.20 Å². The molecule has 0 aromatic carbocycles. The van der Waals surface area contributed by atoms with Gasteiger partial charge in [-0.2, -0.15) is 0 Å². The van der Waals surface area contributed by atoms with Gasteiger partial charge in [0.2, 0.25) is 0 Å². The molecule has 3 nitrogen and oxygen atoms in total. The van der Waals surface area contributed by atoms with Gasteiger partial charge < -0.3 is 10.6 Å². The molecule has 0 aliphatic carbocycles. The Labute approximate surface area is 128 Å². The topological polar surface area (TPSA) is 37.0 Å². The molecule has 0 aliphatic heterocycles.